The lowest BCUT2D eigenvalue weighted by molar-refractivity contribution is -0.120. The van der Waals surface area contributed by atoms with Crippen molar-refractivity contribution in [1.29, 1.82) is 0 Å². The van der Waals surface area contributed by atoms with Gasteiger partial charge in [-0.1, -0.05) is 13.8 Å². The minimum Gasteiger partial charge on any atom is -0.374 e. The number of nitrogens with zero attached hydrogens (tertiary/aromatic N) is 1. The number of carbonyl (C=O) groups is 2. The molecule has 1 aliphatic rings. The van der Waals surface area contributed by atoms with E-state index in [0.29, 0.717) is 12.5 Å². The smallest absolute Gasteiger partial charge is 0.321 e. The quantitative estimate of drug-likeness (QED) is 0.740. The molecule has 1 unspecified atom stereocenters. The van der Waals surface area contributed by atoms with E-state index in [0.717, 1.165) is 18.8 Å². The zero-order valence-corrected chi connectivity index (χ0v) is 15.7. The van der Waals surface area contributed by atoms with Crippen molar-refractivity contribution in [3.63, 3.8) is 0 Å². The van der Waals surface area contributed by atoms with Gasteiger partial charge in [0.1, 0.15) is 6.04 Å². The van der Waals surface area contributed by atoms with Crippen LogP contribution in [-0.2, 0) is 4.79 Å². The molecule has 25 heavy (non-hydrogen) atoms. The summed E-state index contributed by atoms with van der Waals surface area (Å²) in [6.45, 7) is 10.6. The van der Waals surface area contributed by atoms with E-state index in [1.54, 1.807) is 6.92 Å². The molecule has 1 atom stereocenters. The first-order chi connectivity index (χ1) is 11.9. The van der Waals surface area contributed by atoms with Crippen LogP contribution in [0.4, 0.5) is 16.2 Å². The molecule has 1 fully saturated rings. The minimum absolute atomic E-state index is 0.341. The first-order valence-corrected chi connectivity index (χ1v) is 9.07. The molecule has 0 spiro atoms. The number of imide groups is 1. The van der Waals surface area contributed by atoms with Gasteiger partial charge < -0.3 is 15.5 Å². The van der Waals surface area contributed by atoms with E-state index < -0.39 is 12.1 Å². The maximum absolute atomic E-state index is 12.1. The van der Waals surface area contributed by atoms with Crippen LogP contribution in [0, 0.1) is 12.8 Å². The highest BCUT2D eigenvalue weighted by molar-refractivity contribution is 5.98. The Balaban J connectivity index is 1.89. The predicted octanol–water partition coefficient (Wildman–Crippen LogP) is 2.88. The molecule has 138 valence electrons. The van der Waals surface area contributed by atoms with E-state index >= 15 is 0 Å². The fourth-order valence-electron chi connectivity index (χ4n) is 2.93. The predicted molar refractivity (Wildman–Crippen MR) is 102 cm³/mol. The van der Waals surface area contributed by atoms with E-state index in [1.807, 2.05) is 19.9 Å². The Hall–Kier alpha value is -2.24. The van der Waals surface area contributed by atoms with Crippen LogP contribution in [0.3, 0.4) is 0 Å². The minimum atomic E-state index is -0.498. The molecule has 0 aliphatic carbocycles. The highest BCUT2D eigenvalue weighted by Gasteiger charge is 2.17. The molecule has 0 aromatic heterocycles. The molecule has 1 aliphatic heterocycles. The van der Waals surface area contributed by atoms with Gasteiger partial charge in [-0.3, -0.25) is 10.1 Å². The first kappa shape index (κ1) is 19.1. The number of rotatable bonds is 6. The SMILES string of the molecule is Cc1cc(NC(C)C(=O)NC(=O)NCC(C)C)ccc1N1CCCC1. The average Bonchev–Trinajstić information content (AvgIpc) is 3.07. The Morgan fingerprint density at radius 2 is 1.84 bits per heavy atom. The Kier molecular flexibility index (Phi) is 6.67. The normalized spacial score (nSPS) is 15.2. The molecule has 3 amide bonds. The van der Waals surface area contributed by atoms with Crippen LogP contribution in [0.1, 0.15) is 39.2 Å². The van der Waals surface area contributed by atoms with Gasteiger partial charge in [0.15, 0.2) is 0 Å². The molecule has 1 saturated heterocycles. The van der Waals surface area contributed by atoms with Gasteiger partial charge in [0.2, 0.25) is 5.91 Å². The molecule has 2 rings (SSSR count). The Labute approximate surface area is 150 Å². The highest BCUT2D eigenvalue weighted by Crippen LogP contribution is 2.26. The lowest BCUT2D eigenvalue weighted by Gasteiger charge is -2.22. The van der Waals surface area contributed by atoms with Crippen molar-refractivity contribution in [3.05, 3.63) is 23.8 Å². The number of hydrogen-bond acceptors (Lipinski definition) is 4. The third kappa shape index (κ3) is 5.66. The molecule has 0 bridgehead atoms. The number of carbonyl (C=O) groups excluding carboxylic acids is 2. The topological polar surface area (TPSA) is 73.5 Å². The van der Waals surface area contributed by atoms with Gasteiger partial charge in [0, 0.05) is 31.0 Å². The van der Waals surface area contributed by atoms with E-state index in [-0.39, 0.29) is 5.91 Å². The zero-order valence-electron chi connectivity index (χ0n) is 15.7. The summed E-state index contributed by atoms with van der Waals surface area (Å²) in [5.41, 5.74) is 3.33. The third-order valence-electron chi connectivity index (χ3n) is 4.33. The van der Waals surface area contributed by atoms with Crippen molar-refractivity contribution in [2.45, 2.75) is 46.6 Å². The van der Waals surface area contributed by atoms with Crippen molar-refractivity contribution in [1.82, 2.24) is 10.6 Å². The van der Waals surface area contributed by atoms with Crippen molar-refractivity contribution >= 4 is 23.3 Å². The maximum Gasteiger partial charge on any atom is 0.321 e. The summed E-state index contributed by atoms with van der Waals surface area (Å²) in [5.74, 6) is -0.00368. The van der Waals surface area contributed by atoms with E-state index in [9.17, 15) is 9.59 Å². The van der Waals surface area contributed by atoms with Crippen LogP contribution >= 0.6 is 0 Å². The summed E-state index contributed by atoms with van der Waals surface area (Å²) in [6.07, 6.45) is 2.49. The van der Waals surface area contributed by atoms with E-state index in [2.05, 4.69) is 39.9 Å². The maximum atomic E-state index is 12.1. The van der Waals surface area contributed by atoms with Crippen LogP contribution in [-0.4, -0.2) is 37.6 Å². The monoisotopic (exact) mass is 346 g/mol. The highest BCUT2D eigenvalue weighted by atomic mass is 16.2. The van der Waals surface area contributed by atoms with Gasteiger partial charge >= 0.3 is 6.03 Å². The summed E-state index contributed by atoms with van der Waals surface area (Å²) in [7, 11) is 0. The number of urea groups is 1. The number of benzene rings is 1. The third-order valence-corrected chi connectivity index (χ3v) is 4.33. The summed E-state index contributed by atoms with van der Waals surface area (Å²) in [5, 5.41) is 8.20. The van der Waals surface area contributed by atoms with Gasteiger partial charge in [-0.25, -0.2) is 4.79 Å². The number of anilines is 2. The molecule has 1 heterocycles. The number of amides is 3. The van der Waals surface area contributed by atoms with Crippen LogP contribution in [0.5, 0.6) is 0 Å². The molecule has 1 aromatic rings. The van der Waals surface area contributed by atoms with Crippen molar-refractivity contribution < 1.29 is 9.59 Å². The molecular weight excluding hydrogens is 316 g/mol. The van der Waals surface area contributed by atoms with E-state index in [1.165, 1.54) is 24.1 Å². The lowest BCUT2D eigenvalue weighted by atomic mass is 10.1. The summed E-state index contributed by atoms with van der Waals surface area (Å²) >= 11 is 0. The first-order valence-electron chi connectivity index (χ1n) is 9.07. The van der Waals surface area contributed by atoms with Crippen molar-refractivity contribution in [3.8, 4) is 0 Å². The second kappa shape index (κ2) is 8.74. The molecule has 0 radical (unpaired) electrons. The van der Waals surface area contributed by atoms with Gasteiger partial charge in [-0.05, 0) is 56.4 Å². The number of hydrogen-bond donors (Lipinski definition) is 3. The summed E-state index contributed by atoms with van der Waals surface area (Å²) in [6, 6.07) is 5.19. The van der Waals surface area contributed by atoms with Gasteiger partial charge in [0.05, 0.1) is 0 Å². The van der Waals surface area contributed by atoms with E-state index in [4.69, 9.17) is 0 Å². The second-order valence-corrected chi connectivity index (χ2v) is 7.15. The Morgan fingerprint density at radius 1 is 1.16 bits per heavy atom. The zero-order chi connectivity index (χ0) is 18.4. The van der Waals surface area contributed by atoms with Gasteiger partial charge in [-0.2, -0.15) is 0 Å². The molecular formula is C19H30N4O2. The standard InChI is InChI=1S/C19H30N4O2/c1-13(2)12-20-19(25)22-18(24)15(4)21-16-7-8-17(14(3)11-16)23-9-5-6-10-23/h7-8,11,13,15,21H,5-6,9-10,12H2,1-4H3,(H2,20,22,24,25). The van der Waals surface area contributed by atoms with Crippen LogP contribution in [0.2, 0.25) is 0 Å². The van der Waals surface area contributed by atoms with Crippen LogP contribution < -0.4 is 20.9 Å². The molecule has 6 nitrogen and oxygen atoms in total. The fraction of sp³-hybridized carbons (Fsp3) is 0.579. The number of aryl methyl sites for hydroxylation is 1. The van der Waals surface area contributed by atoms with Gasteiger partial charge in [0.25, 0.3) is 0 Å². The largest absolute Gasteiger partial charge is 0.374 e. The molecule has 1 aromatic carbocycles. The van der Waals surface area contributed by atoms with Crippen molar-refractivity contribution in [2.75, 3.05) is 29.9 Å². The van der Waals surface area contributed by atoms with Crippen LogP contribution in [0.15, 0.2) is 18.2 Å². The molecule has 3 N–H and O–H groups in total. The fourth-order valence-corrected chi connectivity index (χ4v) is 2.93. The summed E-state index contributed by atoms with van der Waals surface area (Å²) < 4.78 is 0. The Bertz CT molecular complexity index is 609. The molecule has 6 heteroatoms. The lowest BCUT2D eigenvalue weighted by Crippen LogP contribution is -2.46. The van der Waals surface area contributed by atoms with Gasteiger partial charge in [-0.15, -0.1) is 0 Å². The second-order valence-electron chi connectivity index (χ2n) is 7.15. The summed E-state index contributed by atoms with van der Waals surface area (Å²) in [4.78, 5) is 26.2. The average molecular weight is 346 g/mol. The Morgan fingerprint density at radius 3 is 2.44 bits per heavy atom. The molecule has 0 saturated carbocycles. The van der Waals surface area contributed by atoms with Crippen LogP contribution in [0.25, 0.3) is 0 Å². The number of nitrogens with one attached hydrogen (secondary N) is 3. The van der Waals surface area contributed by atoms with Crippen molar-refractivity contribution in [2.24, 2.45) is 5.92 Å².